The zero-order chi connectivity index (χ0) is 30.5. The number of nitrogens with two attached hydrogens (primary N) is 1. The largest absolute Gasteiger partial charge is 0.391 e. The molecule has 1 aromatic heterocycles. The van der Waals surface area contributed by atoms with Crippen molar-refractivity contribution in [1.82, 2.24) is 20.9 Å². The van der Waals surface area contributed by atoms with E-state index in [0.717, 1.165) is 31.4 Å². The maximum atomic E-state index is 13.6. The molecule has 0 saturated heterocycles. The molecule has 2 rings (SSSR count). The summed E-state index contributed by atoms with van der Waals surface area (Å²) in [6.07, 6.45) is 8.00. The van der Waals surface area contributed by atoms with E-state index in [1.165, 1.54) is 6.42 Å². The van der Waals surface area contributed by atoms with Crippen molar-refractivity contribution >= 4 is 17.7 Å². The minimum Gasteiger partial charge on any atom is -0.391 e. The Morgan fingerprint density at radius 2 is 1.66 bits per heavy atom. The van der Waals surface area contributed by atoms with Gasteiger partial charge in [0.1, 0.15) is 6.04 Å². The zero-order valence-corrected chi connectivity index (χ0v) is 26.1. The Hall–Kier alpha value is -2.52. The first kappa shape index (κ1) is 34.7. The summed E-state index contributed by atoms with van der Waals surface area (Å²) in [6, 6.07) is 3.65. The van der Waals surface area contributed by atoms with Crippen molar-refractivity contribution < 1.29 is 19.5 Å². The molecule has 41 heavy (non-hydrogen) atoms. The molecular weight excluding hydrogens is 518 g/mol. The van der Waals surface area contributed by atoms with Crippen LogP contribution in [0.4, 0.5) is 0 Å². The first-order valence-electron chi connectivity index (χ1n) is 15.7. The second kappa shape index (κ2) is 17.4. The fourth-order valence-electron chi connectivity index (χ4n) is 5.53. The molecule has 232 valence electrons. The van der Waals surface area contributed by atoms with Crippen LogP contribution in [0, 0.1) is 29.6 Å². The van der Waals surface area contributed by atoms with Crippen molar-refractivity contribution in [3.05, 3.63) is 30.1 Å². The highest BCUT2D eigenvalue weighted by atomic mass is 16.3. The van der Waals surface area contributed by atoms with Gasteiger partial charge in [0.2, 0.25) is 17.7 Å². The fourth-order valence-corrected chi connectivity index (χ4v) is 5.53. The predicted octanol–water partition coefficient (Wildman–Crippen LogP) is 3.69. The highest BCUT2D eigenvalue weighted by Crippen LogP contribution is 2.30. The van der Waals surface area contributed by atoms with E-state index in [1.54, 1.807) is 6.20 Å². The molecule has 3 amide bonds. The Kier molecular flexibility index (Phi) is 14.8. The molecule has 9 nitrogen and oxygen atoms in total. The van der Waals surface area contributed by atoms with E-state index in [4.69, 9.17) is 5.73 Å². The predicted molar refractivity (Wildman–Crippen MR) is 162 cm³/mol. The van der Waals surface area contributed by atoms with Gasteiger partial charge in [-0.25, -0.2) is 0 Å². The number of pyridine rings is 1. The van der Waals surface area contributed by atoms with Gasteiger partial charge in [0.25, 0.3) is 0 Å². The number of aromatic nitrogens is 1. The summed E-state index contributed by atoms with van der Waals surface area (Å²) in [4.78, 5) is 44.0. The van der Waals surface area contributed by atoms with E-state index >= 15 is 0 Å². The molecule has 0 radical (unpaired) electrons. The van der Waals surface area contributed by atoms with Crippen LogP contribution in [-0.4, -0.2) is 52.0 Å². The molecular formula is C32H55N5O4. The zero-order valence-electron chi connectivity index (χ0n) is 26.1. The van der Waals surface area contributed by atoms with Gasteiger partial charge in [-0.2, -0.15) is 0 Å². The average Bonchev–Trinajstić information content (AvgIpc) is 2.96. The average molecular weight is 574 g/mol. The van der Waals surface area contributed by atoms with Crippen LogP contribution in [0.5, 0.6) is 0 Å². The first-order chi connectivity index (χ1) is 19.4. The van der Waals surface area contributed by atoms with E-state index in [2.05, 4.69) is 20.9 Å². The standard InChI is InChI=1S/C32H55N5O4/c1-7-22(6)29(32(41)35-19-24-15-11-12-16-34-24)37-30(39)25(20(2)3)18-27(38)26(17-23-13-9-8-10-14-23)36-31(40)28(33)21(4)5/h11-12,15-16,20-23,25-29,38H,7-10,13-14,17-19,33H2,1-6H3,(H,35,41)(H,36,40)(H,37,39)/t22-,25-,26?,27-,28-,29-/m0/s1. The van der Waals surface area contributed by atoms with Gasteiger partial charge in [0, 0.05) is 12.1 Å². The quantitative estimate of drug-likeness (QED) is 0.204. The molecule has 9 heteroatoms. The lowest BCUT2D eigenvalue weighted by Crippen LogP contribution is -2.54. The summed E-state index contributed by atoms with van der Waals surface area (Å²) < 4.78 is 0. The molecule has 1 aliphatic rings. The van der Waals surface area contributed by atoms with Gasteiger partial charge < -0.3 is 26.8 Å². The second-order valence-corrected chi connectivity index (χ2v) is 12.7. The molecule has 6 atom stereocenters. The van der Waals surface area contributed by atoms with Crippen LogP contribution in [0.3, 0.4) is 0 Å². The smallest absolute Gasteiger partial charge is 0.243 e. The van der Waals surface area contributed by atoms with Crippen molar-refractivity contribution in [2.45, 2.75) is 124 Å². The number of amides is 3. The van der Waals surface area contributed by atoms with E-state index in [9.17, 15) is 19.5 Å². The molecule has 6 N–H and O–H groups in total. The van der Waals surface area contributed by atoms with E-state index in [-0.39, 0.29) is 48.4 Å². The maximum Gasteiger partial charge on any atom is 0.243 e. The number of aliphatic hydroxyl groups excluding tert-OH is 1. The van der Waals surface area contributed by atoms with Crippen LogP contribution in [0.15, 0.2) is 24.4 Å². The Labute approximate surface area is 247 Å². The van der Waals surface area contributed by atoms with Gasteiger partial charge in [-0.15, -0.1) is 0 Å². The number of nitrogens with zero attached hydrogens (tertiary/aromatic N) is 1. The molecule has 1 aliphatic carbocycles. The highest BCUT2D eigenvalue weighted by Gasteiger charge is 2.35. The Bertz CT molecular complexity index is 935. The number of carbonyl (C=O) groups is 3. The maximum absolute atomic E-state index is 13.6. The third-order valence-electron chi connectivity index (χ3n) is 8.73. The Balaban J connectivity index is 2.14. The molecule has 1 aromatic rings. The van der Waals surface area contributed by atoms with E-state index in [0.29, 0.717) is 18.8 Å². The van der Waals surface area contributed by atoms with Crippen LogP contribution in [0.2, 0.25) is 0 Å². The summed E-state index contributed by atoms with van der Waals surface area (Å²) in [5.41, 5.74) is 6.86. The van der Waals surface area contributed by atoms with Gasteiger partial charge >= 0.3 is 0 Å². The van der Waals surface area contributed by atoms with Crippen LogP contribution >= 0.6 is 0 Å². The molecule has 0 spiro atoms. The van der Waals surface area contributed by atoms with Gasteiger partial charge in [0.05, 0.1) is 30.4 Å². The van der Waals surface area contributed by atoms with Crippen molar-refractivity contribution in [1.29, 1.82) is 0 Å². The van der Waals surface area contributed by atoms with Gasteiger partial charge in [-0.3, -0.25) is 19.4 Å². The lowest BCUT2D eigenvalue weighted by molar-refractivity contribution is -0.134. The van der Waals surface area contributed by atoms with Crippen molar-refractivity contribution in [3.63, 3.8) is 0 Å². The number of nitrogens with one attached hydrogen (secondary N) is 3. The van der Waals surface area contributed by atoms with Gasteiger partial charge in [-0.1, -0.05) is 86.1 Å². The minimum atomic E-state index is -0.918. The number of carbonyl (C=O) groups excluding carboxylic acids is 3. The van der Waals surface area contributed by atoms with Crippen LogP contribution < -0.4 is 21.7 Å². The molecule has 1 fully saturated rings. The SMILES string of the molecule is CC[C@H](C)[C@H](NC(=O)[C@@H](C[C@H](O)C(CC1CCCCC1)NC(=O)[C@@H](N)C(C)C)C(C)C)C(=O)NCc1ccccn1. The molecule has 1 heterocycles. The first-order valence-corrected chi connectivity index (χ1v) is 15.7. The number of rotatable bonds is 16. The molecule has 0 aliphatic heterocycles. The van der Waals surface area contributed by atoms with Crippen molar-refractivity contribution in [2.75, 3.05) is 0 Å². The lowest BCUT2D eigenvalue weighted by Gasteiger charge is -2.34. The Morgan fingerprint density at radius 1 is 0.976 bits per heavy atom. The molecule has 1 saturated carbocycles. The van der Waals surface area contributed by atoms with Crippen molar-refractivity contribution in [3.8, 4) is 0 Å². The number of hydrogen-bond acceptors (Lipinski definition) is 6. The van der Waals surface area contributed by atoms with Crippen LogP contribution in [-0.2, 0) is 20.9 Å². The highest BCUT2D eigenvalue weighted by molar-refractivity contribution is 5.88. The van der Waals surface area contributed by atoms with Gasteiger partial charge in [-0.05, 0) is 48.6 Å². The van der Waals surface area contributed by atoms with E-state index < -0.39 is 30.1 Å². The summed E-state index contributed by atoms with van der Waals surface area (Å²) in [5.74, 6) is -1.11. The third kappa shape index (κ3) is 11.3. The van der Waals surface area contributed by atoms with E-state index in [1.807, 2.05) is 59.7 Å². The monoisotopic (exact) mass is 573 g/mol. The molecule has 0 aromatic carbocycles. The van der Waals surface area contributed by atoms with Gasteiger partial charge in [0.15, 0.2) is 0 Å². The summed E-state index contributed by atoms with van der Waals surface area (Å²) in [5, 5.41) is 20.4. The summed E-state index contributed by atoms with van der Waals surface area (Å²) in [7, 11) is 0. The normalized spacial score (nSPS) is 18.7. The van der Waals surface area contributed by atoms with Crippen LogP contribution in [0.25, 0.3) is 0 Å². The number of aliphatic hydroxyl groups is 1. The minimum absolute atomic E-state index is 0.0297. The van der Waals surface area contributed by atoms with Crippen LogP contribution in [0.1, 0.15) is 98.6 Å². The number of hydrogen-bond donors (Lipinski definition) is 5. The fraction of sp³-hybridized carbons (Fsp3) is 0.750. The Morgan fingerprint density at radius 3 is 2.22 bits per heavy atom. The lowest BCUT2D eigenvalue weighted by atomic mass is 9.81. The third-order valence-corrected chi connectivity index (χ3v) is 8.73. The topological polar surface area (TPSA) is 146 Å². The van der Waals surface area contributed by atoms with Crippen molar-refractivity contribution in [2.24, 2.45) is 35.3 Å². The molecule has 0 bridgehead atoms. The molecule has 1 unspecified atom stereocenters. The summed E-state index contributed by atoms with van der Waals surface area (Å²) in [6.45, 7) is 11.9. The second-order valence-electron chi connectivity index (χ2n) is 12.7. The summed E-state index contributed by atoms with van der Waals surface area (Å²) >= 11 is 0.